The molecular formula is C29H35N5OS. The highest BCUT2D eigenvalue weighted by Crippen LogP contribution is 2.65. The second-order valence-corrected chi connectivity index (χ2v) is 11.7. The Balaban J connectivity index is 1.11. The van der Waals surface area contributed by atoms with Gasteiger partial charge in [-0.2, -0.15) is 0 Å². The molecule has 3 N–H and O–H groups in total. The number of hydrogen-bond donors (Lipinski definition) is 2. The maximum atomic E-state index is 6.29. The standard InChI is InChI=1S/C29H35N5OS/c1-18-8-9-24(19(2)14-18)35-25-7-5-4-6-22(25)23-17-36-28(32-23)33-27(30)31-20(3)15-34-16-21-10-12-29(21)13-11-26(29)34/h4-9,14,17,20-21,26H,10-13,15-16H2,1-3H3,(H3,30,31,32,33). The smallest absolute Gasteiger partial charge is 0.195 e. The average molecular weight is 502 g/mol. The summed E-state index contributed by atoms with van der Waals surface area (Å²) < 4.78 is 6.29. The predicted molar refractivity (Wildman–Crippen MR) is 148 cm³/mol. The van der Waals surface area contributed by atoms with Crippen LogP contribution in [-0.4, -0.2) is 41.0 Å². The molecule has 1 aliphatic heterocycles. The number of aromatic nitrogens is 1. The molecule has 1 aromatic heterocycles. The summed E-state index contributed by atoms with van der Waals surface area (Å²) in [6.45, 7) is 8.55. The zero-order valence-corrected chi connectivity index (χ0v) is 22.1. The number of likely N-dealkylation sites (tertiary alicyclic amines) is 1. The molecule has 4 atom stereocenters. The van der Waals surface area contributed by atoms with E-state index in [-0.39, 0.29) is 6.04 Å². The van der Waals surface area contributed by atoms with Crippen molar-refractivity contribution in [1.82, 2.24) is 9.88 Å². The third-order valence-corrected chi connectivity index (χ3v) is 9.28. The number of nitrogens with zero attached hydrogens (tertiary/aromatic N) is 3. The van der Waals surface area contributed by atoms with Gasteiger partial charge in [-0.1, -0.05) is 29.8 Å². The number of anilines is 1. The third kappa shape index (κ3) is 4.18. The van der Waals surface area contributed by atoms with Gasteiger partial charge >= 0.3 is 0 Å². The van der Waals surface area contributed by atoms with Crippen LogP contribution in [0.3, 0.4) is 0 Å². The van der Waals surface area contributed by atoms with Gasteiger partial charge in [-0.15, -0.1) is 11.3 Å². The Hall–Kier alpha value is -2.90. The van der Waals surface area contributed by atoms with E-state index in [9.17, 15) is 0 Å². The molecule has 0 radical (unpaired) electrons. The quantitative estimate of drug-likeness (QED) is 0.297. The number of para-hydroxylation sites is 1. The molecule has 3 aliphatic rings. The second-order valence-electron chi connectivity index (χ2n) is 10.9. The highest BCUT2D eigenvalue weighted by atomic mass is 32.1. The molecule has 6 rings (SSSR count). The first-order valence-electron chi connectivity index (χ1n) is 13.1. The summed E-state index contributed by atoms with van der Waals surface area (Å²) >= 11 is 1.52. The maximum absolute atomic E-state index is 6.29. The van der Waals surface area contributed by atoms with E-state index in [0.29, 0.717) is 11.4 Å². The number of nitrogens with one attached hydrogen (secondary N) is 1. The molecule has 2 saturated carbocycles. The largest absolute Gasteiger partial charge is 0.456 e. The van der Waals surface area contributed by atoms with Gasteiger partial charge in [0.25, 0.3) is 0 Å². The van der Waals surface area contributed by atoms with Gasteiger partial charge in [0.05, 0.1) is 11.7 Å². The van der Waals surface area contributed by atoms with Gasteiger partial charge in [-0.25, -0.2) is 9.98 Å². The molecule has 3 fully saturated rings. The fraction of sp³-hybridized carbons (Fsp3) is 0.448. The van der Waals surface area contributed by atoms with Gasteiger partial charge < -0.3 is 15.8 Å². The molecular weight excluding hydrogens is 466 g/mol. The lowest BCUT2D eigenvalue weighted by molar-refractivity contribution is -0.0468. The Morgan fingerprint density at radius 3 is 2.78 bits per heavy atom. The van der Waals surface area contributed by atoms with Crippen molar-refractivity contribution in [2.75, 3.05) is 18.4 Å². The molecule has 0 bridgehead atoms. The minimum absolute atomic E-state index is 0.152. The minimum Gasteiger partial charge on any atom is -0.456 e. The number of benzene rings is 2. The van der Waals surface area contributed by atoms with Crippen LogP contribution in [0.15, 0.2) is 52.8 Å². The number of hydrogen-bond acceptors (Lipinski definition) is 5. The molecule has 2 heterocycles. The number of ether oxygens (including phenoxy) is 1. The highest BCUT2D eigenvalue weighted by Gasteiger charge is 2.63. The monoisotopic (exact) mass is 501 g/mol. The fourth-order valence-corrected chi connectivity index (χ4v) is 7.29. The lowest BCUT2D eigenvalue weighted by atomic mass is 9.50. The van der Waals surface area contributed by atoms with Crippen molar-refractivity contribution < 1.29 is 4.74 Å². The van der Waals surface area contributed by atoms with Crippen LogP contribution < -0.4 is 15.8 Å². The number of nitrogens with two attached hydrogens (primary N) is 1. The Kier molecular flexibility index (Phi) is 6.00. The summed E-state index contributed by atoms with van der Waals surface area (Å²) in [6.07, 6.45) is 5.65. The van der Waals surface area contributed by atoms with E-state index in [2.05, 4.69) is 43.1 Å². The normalized spacial score (nSPS) is 25.9. The summed E-state index contributed by atoms with van der Waals surface area (Å²) in [5.41, 5.74) is 11.1. The number of aliphatic imine (C=N–C) groups is 1. The van der Waals surface area contributed by atoms with E-state index in [1.165, 1.54) is 49.1 Å². The van der Waals surface area contributed by atoms with E-state index in [1.54, 1.807) is 0 Å². The van der Waals surface area contributed by atoms with Gasteiger partial charge in [0.1, 0.15) is 11.5 Å². The van der Waals surface area contributed by atoms with Crippen molar-refractivity contribution in [3.63, 3.8) is 0 Å². The van der Waals surface area contributed by atoms with Gasteiger partial charge in [-0.3, -0.25) is 4.90 Å². The molecule has 7 heteroatoms. The van der Waals surface area contributed by atoms with Crippen LogP contribution in [0.5, 0.6) is 11.5 Å². The lowest BCUT2D eigenvalue weighted by Crippen LogP contribution is -2.54. The van der Waals surface area contributed by atoms with Crippen molar-refractivity contribution in [2.45, 2.75) is 58.5 Å². The van der Waals surface area contributed by atoms with Crippen LogP contribution in [0.4, 0.5) is 5.13 Å². The summed E-state index contributed by atoms with van der Waals surface area (Å²) in [4.78, 5) is 12.2. The third-order valence-electron chi connectivity index (χ3n) is 8.52. The van der Waals surface area contributed by atoms with Crippen molar-refractivity contribution in [3.8, 4) is 22.8 Å². The molecule has 36 heavy (non-hydrogen) atoms. The topological polar surface area (TPSA) is 75.8 Å². The SMILES string of the molecule is Cc1ccc(Oc2ccccc2-c2csc(NC(N)=NC(C)CN3CC4CCC45CCC35)n2)c(C)c1. The molecule has 1 spiro atoms. The van der Waals surface area contributed by atoms with Gasteiger partial charge in [0.15, 0.2) is 11.1 Å². The fourth-order valence-electron chi connectivity index (χ4n) is 6.58. The van der Waals surface area contributed by atoms with Gasteiger partial charge in [-0.05, 0) is 81.5 Å². The summed E-state index contributed by atoms with van der Waals surface area (Å²) in [6, 6.07) is 15.2. The number of guanidine groups is 1. The zero-order chi connectivity index (χ0) is 24.9. The Labute approximate surface area is 217 Å². The van der Waals surface area contributed by atoms with E-state index in [1.807, 2.05) is 35.7 Å². The summed E-state index contributed by atoms with van der Waals surface area (Å²) in [5.74, 6) is 2.99. The first-order chi connectivity index (χ1) is 17.4. The highest BCUT2D eigenvalue weighted by molar-refractivity contribution is 7.14. The van der Waals surface area contributed by atoms with Crippen molar-refractivity contribution in [1.29, 1.82) is 0 Å². The summed E-state index contributed by atoms with van der Waals surface area (Å²) in [5, 5.41) is 5.97. The lowest BCUT2D eigenvalue weighted by Gasteiger charge is -2.56. The molecule has 6 nitrogen and oxygen atoms in total. The summed E-state index contributed by atoms with van der Waals surface area (Å²) in [7, 11) is 0. The maximum Gasteiger partial charge on any atom is 0.195 e. The van der Waals surface area contributed by atoms with Crippen molar-refractivity contribution >= 4 is 22.4 Å². The molecule has 1 saturated heterocycles. The number of aryl methyl sites for hydroxylation is 2. The Bertz CT molecular complexity index is 1300. The zero-order valence-electron chi connectivity index (χ0n) is 21.3. The van der Waals surface area contributed by atoms with Crippen molar-refractivity contribution in [3.05, 3.63) is 59.0 Å². The Morgan fingerprint density at radius 2 is 2.06 bits per heavy atom. The molecule has 2 aliphatic carbocycles. The second kappa shape index (κ2) is 9.20. The van der Waals surface area contributed by atoms with E-state index in [4.69, 9.17) is 20.4 Å². The molecule has 3 aromatic rings. The number of rotatable bonds is 7. The van der Waals surface area contributed by atoms with Crippen LogP contribution in [0.25, 0.3) is 11.3 Å². The van der Waals surface area contributed by atoms with E-state index < -0.39 is 0 Å². The van der Waals surface area contributed by atoms with Gasteiger partial charge in [0, 0.05) is 30.1 Å². The Morgan fingerprint density at radius 1 is 1.22 bits per heavy atom. The van der Waals surface area contributed by atoms with Crippen LogP contribution in [0.1, 0.15) is 43.7 Å². The molecule has 188 valence electrons. The minimum atomic E-state index is 0.152. The number of thiazole rings is 1. The van der Waals surface area contributed by atoms with Crippen LogP contribution >= 0.6 is 11.3 Å². The average Bonchev–Trinajstić information content (AvgIpc) is 3.30. The first-order valence-corrected chi connectivity index (χ1v) is 13.9. The van der Waals surface area contributed by atoms with Crippen LogP contribution in [0.2, 0.25) is 0 Å². The first kappa shape index (κ1) is 23.5. The van der Waals surface area contributed by atoms with E-state index >= 15 is 0 Å². The molecule has 0 amide bonds. The van der Waals surface area contributed by atoms with Gasteiger partial charge in [0.2, 0.25) is 0 Å². The predicted octanol–water partition coefficient (Wildman–Crippen LogP) is 6.21. The molecule has 4 unspecified atom stereocenters. The van der Waals surface area contributed by atoms with Crippen molar-refractivity contribution in [2.24, 2.45) is 22.1 Å². The molecule has 2 aromatic carbocycles. The van der Waals surface area contributed by atoms with E-state index in [0.717, 1.165) is 52.0 Å². The van der Waals surface area contributed by atoms with Crippen LogP contribution in [-0.2, 0) is 0 Å². The van der Waals surface area contributed by atoms with Crippen LogP contribution in [0, 0.1) is 25.2 Å².